The summed E-state index contributed by atoms with van der Waals surface area (Å²) in [7, 11) is 1.77. The van der Waals surface area contributed by atoms with Gasteiger partial charge in [-0.1, -0.05) is 31.0 Å². The monoisotopic (exact) mass is 348 g/mol. The van der Waals surface area contributed by atoms with Gasteiger partial charge in [-0.3, -0.25) is 4.99 Å². The molecular formula is C20H33FN4. The summed E-state index contributed by atoms with van der Waals surface area (Å²) in [5.74, 6) is 0.660. The van der Waals surface area contributed by atoms with Crippen LogP contribution in [0.2, 0.25) is 0 Å². The average Bonchev–Trinajstić information content (AvgIpc) is 2.65. The van der Waals surface area contributed by atoms with E-state index in [-0.39, 0.29) is 5.82 Å². The lowest BCUT2D eigenvalue weighted by atomic mass is 10.1. The first kappa shape index (κ1) is 19.7. The van der Waals surface area contributed by atoms with E-state index in [0.29, 0.717) is 13.0 Å². The number of halogens is 1. The van der Waals surface area contributed by atoms with E-state index in [0.717, 1.165) is 24.5 Å². The summed E-state index contributed by atoms with van der Waals surface area (Å²) in [5, 5.41) is 6.59. The third-order valence-electron chi connectivity index (χ3n) is 4.76. The first-order valence-electron chi connectivity index (χ1n) is 9.70. The van der Waals surface area contributed by atoms with Gasteiger partial charge in [0.05, 0.1) is 0 Å². The van der Waals surface area contributed by atoms with Crippen molar-refractivity contribution in [3.8, 4) is 0 Å². The Balaban J connectivity index is 1.51. The number of likely N-dealkylation sites (tertiary alicyclic amines) is 1. The van der Waals surface area contributed by atoms with Crippen molar-refractivity contribution in [3.05, 3.63) is 35.6 Å². The van der Waals surface area contributed by atoms with Crippen LogP contribution in [0, 0.1) is 5.82 Å². The summed E-state index contributed by atoms with van der Waals surface area (Å²) in [4.78, 5) is 6.82. The van der Waals surface area contributed by atoms with E-state index in [1.165, 1.54) is 57.8 Å². The zero-order valence-corrected chi connectivity index (χ0v) is 15.6. The SMILES string of the molecule is CN=C(NCCCCCN1CCCCC1)NCCc1ccccc1F. The smallest absolute Gasteiger partial charge is 0.190 e. The summed E-state index contributed by atoms with van der Waals surface area (Å²) >= 11 is 0. The normalized spacial score (nSPS) is 16.0. The van der Waals surface area contributed by atoms with Crippen molar-refractivity contribution in [2.24, 2.45) is 4.99 Å². The van der Waals surface area contributed by atoms with Gasteiger partial charge < -0.3 is 15.5 Å². The minimum atomic E-state index is -0.138. The third-order valence-corrected chi connectivity index (χ3v) is 4.76. The van der Waals surface area contributed by atoms with Gasteiger partial charge in [0.25, 0.3) is 0 Å². The number of aliphatic imine (C=N–C) groups is 1. The highest BCUT2D eigenvalue weighted by Gasteiger charge is 2.08. The number of piperidine rings is 1. The zero-order valence-electron chi connectivity index (χ0n) is 15.6. The lowest BCUT2D eigenvalue weighted by Crippen LogP contribution is -2.38. The Morgan fingerprint density at radius 1 is 1.04 bits per heavy atom. The molecule has 140 valence electrons. The molecule has 0 aromatic heterocycles. The summed E-state index contributed by atoms with van der Waals surface area (Å²) in [6.07, 6.45) is 8.48. The van der Waals surface area contributed by atoms with Crippen LogP contribution in [0.5, 0.6) is 0 Å². The Labute approximate surface area is 151 Å². The molecule has 0 radical (unpaired) electrons. The fourth-order valence-electron chi connectivity index (χ4n) is 3.26. The number of rotatable bonds is 9. The quantitative estimate of drug-likeness (QED) is 0.409. The molecule has 1 aliphatic rings. The van der Waals surface area contributed by atoms with Gasteiger partial charge in [0.2, 0.25) is 0 Å². The van der Waals surface area contributed by atoms with Crippen LogP contribution < -0.4 is 10.6 Å². The number of benzene rings is 1. The van der Waals surface area contributed by atoms with Crippen LogP contribution in [0.3, 0.4) is 0 Å². The largest absolute Gasteiger partial charge is 0.356 e. The molecule has 1 heterocycles. The van der Waals surface area contributed by atoms with Crippen molar-refractivity contribution in [2.45, 2.75) is 44.9 Å². The Morgan fingerprint density at radius 2 is 1.80 bits per heavy atom. The van der Waals surface area contributed by atoms with Gasteiger partial charge in [-0.2, -0.15) is 0 Å². The fourth-order valence-corrected chi connectivity index (χ4v) is 3.26. The van der Waals surface area contributed by atoms with Gasteiger partial charge in [0.15, 0.2) is 5.96 Å². The maximum absolute atomic E-state index is 13.6. The maximum Gasteiger partial charge on any atom is 0.190 e. The molecule has 0 spiro atoms. The highest BCUT2D eigenvalue weighted by molar-refractivity contribution is 5.79. The predicted octanol–water partition coefficient (Wildman–Crippen LogP) is 3.19. The van der Waals surface area contributed by atoms with Crippen LogP contribution in [-0.2, 0) is 6.42 Å². The Morgan fingerprint density at radius 3 is 2.56 bits per heavy atom. The van der Waals surface area contributed by atoms with Crippen LogP contribution >= 0.6 is 0 Å². The lowest BCUT2D eigenvalue weighted by Gasteiger charge is -2.26. The molecule has 0 aliphatic carbocycles. The maximum atomic E-state index is 13.6. The molecule has 1 aliphatic heterocycles. The van der Waals surface area contributed by atoms with Gasteiger partial charge in [-0.05, 0) is 63.4 Å². The fraction of sp³-hybridized carbons (Fsp3) is 0.650. The number of guanidine groups is 1. The molecule has 1 aromatic carbocycles. The number of nitrogens with one attached hydrogen (secondary N) is 2. The van der Waals surface area contributed by atoms with E-state index in [1.807, 2.05) is 12.1 Å². The first-order valence-corrected chi connectivity index (χ1v) is 9.70. The van der Waals surface area contributed by atoms with Gasteiger partial charge >= 0.3 is 0 Å². The highest BCUT2D eigenvalue weighted by Crippen LogP contribution is 2.09. The number of unbranched alkanes of at least 4 members (excludes halogenated alkanes) is 2. The van der Waals surface area contributed by atoms with Crippen molar-refractivity contribution in [3.63, 3.8) is 0 Å². The summed E-state index contributed by atoms with van der Waals surface area (Å²) in [6.45, 7) is 5.43. The van der Waals surface area contributed by atoms with Gasteiger partial charge in [-0.15, -0.1) is 0 Å². The molecule has 1 fully saturated rings. The minimum absolute atomic E-state index is 0.138. The minimum Gasteiger partial charge on any atom is -0.356 e. The van der Waals surface area contributed by atoms with Gasteiger partial charge in [0.1, 0.15) is 5.82 Å². The Hall–Kier alpha value is -1.62. The molecule has 5 heteroatoms. The standard InChI is InChI=1S/C20H33FN4/c1-22-20(24-14-12-18-10-4-5-11-19(18)21)23-13-6-2-7-15-25-16-8-3-9-17-25/h4-5,10-11H,2-3,6-9,12-17H2,1H3,(H2,22,23,24). The third kappa shape index (κ3) is 7.86. The molecule has 0 saturated carbocycles. The first-order chi connectivity index (χ1) is 12.3. The molecule has 1 aromatic rings. The van der Waals surface area contributed by atoms with Crippen molar-refractivity contribution >= 4 is 5.96 Å². The molecule has 2 N–H and O–H groups in total. The molecule has 2 rings (SSSR count). The predicted molar refractivity (Wildman–Crippen MR) is 104 cm³/mol. The highest BCUT2D eigenvalue weighted by atomic mass is 19.1. The van der Waals surface area contributed by atoms with Crippen LogP contribution in [0.15, 0.2) is 29.3 Å². The van der Waals surface area contributed by atoms with Gasteiger partial charge in [-0.25, -0.2) is 4.39 Å². The zero-order chi connectivity index (χ0) is 17.7. The average molecular weight is 349 g/mol. The molecule has 0 unspecified atom stereocenters. The van der Waals surface area contributed by atoms with E-state index in [9.17, 15) is 4.39 Å². The molecular weight excluding hydrogens is 315 g/mol. The second kappa shape index (κ2) is 11.9. The molecule has 0 amide bonds. The van der Waals surface area contributed by atoms with E-state index >= 15 is 0 Å². The molecule has 0 atom stereocenters. The number of hydrogen-bond acceptors (Lipinski definition) is 2. The van der Waals surface area contributed by atoms with E-state index in [4.69, 9.17) is 0 Å². The van der Waals surface area contributed by atoms with E-state index in [1.54, 1.807) is 13.1 Å². The Bertz CT molecular complexity index is 512. The summed E-state index contributed by atoms with van der Waals surface area (Å²) in [5.41, 5.74) is 0.739. The summed E-state index contributed by atoms with van der Waals surface area (Å²) in [6, 6.07) is 6.93. The van der Waals surface area contributed by atoms with Crippen molar-refractivity contribution < 1.29 is 4.39 Å². The molecule has 4 nitrogen and oxygen atoms in total. The Kier molecular flexibility index (Phi) is 9.34. The molecule has 25 heavy (non-hydrogen) atoms. The van der Waals surface area contributed by atoms with Crippen LogP contribution in [0.4, 0.5) is 4.39 Å². The van der Waals surface area contributed by atoms with Crippen molar-refractivity contribution in [2.75, 3.05) is 39.8 Å². The lowest BCUT2D eigenvalue weighted by molar-refractivity contribution is 0.224. The molecule has 0 bridgehead atoms. The molecule has 1 saturated heterocycles. The van der Waals surface area contributed by atoms with Gasteiger partial charge in [0, 0.05) is 20.1 Å². The summed E-state index contributed by atoms with van der Waals surface area (Å²) < 4.78 is 13.6. The van der Waals surface area contributed by atoms with E-state index in [2.05, 4.69) is 20.5 Å². The number of nitrogens with zero attached hydrogens (tertiary/aromatic N) is 2. The second-order valence-electron chi connectivity index (χ2n) is 6.73. The van der Waals surface area contributed by atoms with E-state index < -0.39 is 0 Å². The van der Waals surface area contributed by atoms with Crippen molar-refractivity contribution in [1.29, 1.82) is 0 Å². The second-order valence-corrected chi connectivity index (χ2v) is 6.73. The van der Waals surface area contributed by atoms with Crippen LogP contribution in [0.25, 0.3) is 0 Å². The number of hydrogen-bond donors (Lipinski definition) is 2. The van der Waals surface area contributed by atoms with Crippen molar-refractivity contribution in [1.82, 2.24) is 15.5 Å². The van der Waals surface area contributed by atoms with Crippen LogP contribution in [-0.4, -0.2) is 50.6 Å². The topological polar surface area (TPSA) is 39.7 Å². The van der Waals surface area contributed by atoms with Crippen LogP contribution in [0.1, 0.15) is 44.1 Å².